The first kappa shape index (κ1) is 18.7. The first-order valence-corrected chi connectivity index (χ1v) is 7.98. The first-order valence-electron chi connectivity index (χ1n) is 2.66. The van der Waals surface area contributed by atoms with Crippen LogP contribution in [0.25, 0.3) is 0 Å². The van der Waals surface area contributed by atoms with E-state index in [0.29, 0.717) is 0 Å². The van der Waals surface area contributed by atoms with Crippen LogP contribution >= 0.6 is 32.2 Å². The molecule has 0 aromatic heterocycles. The van der Waals surface area contributed by atoms with E-state index in [1.807, 2.05) is 0 Å². The molecule has 96 valence electrons. The highest BCUT2D eigenvalue weighted by Gasteiger charge is 2.43. The summed E-state index contributed by atoms with van der Waals surface area (Å²) >= 11 is 0. The maximum atomic E-state index is 10.3. The smallest absolute Gasteiger partial charge is 0.303 e. The van der Waals surface area contributed by atoms with Crippen LogP contribution in [0, 0.1) is 0 Å². The molecule has 0 bridgehead atoms. The number of hydrogen-bond donors (Lipinski definition) is 6. The zero-order valence-electron chi connectivity index (χ0n) is 6.92. The van der Waals surface area contributed by atoms with Gasteiger partial charge in [-0.25, -0.2) is 9.13 Å². The van der Waals surface area contributed by atoms with Gasteiger partial charge in [-0.3, -0.25) is 4.89 Å². The van der Waals surface area contributed by atoms with Crippen molar-refractivity contribution < 1.29 is 56.2 Å². The highest BCUT2D eigenvalue weighted by Crippen LogP contribution is 2.55. The van der Waals surface area contributed by atoms with Crippen molar-refractivity contribution in [2.75, 3.05) is 0 Å². The SMILES string of the molecule is O=P(O)(O)O.O=[P+](O)OP(=O)(O)O[P+](=O)O. The lowest BCUT2D eigenvalue weighted by Crippen LogP contribution is -1.81. The molecule has 6 N–H and O–H groups in total. The first-order chi connectivity index (χ1) is 6.83. The Bertz CT molecular complexity index is 305. The van der Waals surface area contributed by atoms with E-state index in [9.17, 15) is 13.7 Å². The van der Waals surface area contributed by atoms with Gasteiger partial charge in [0.1, 0.15) is 0 Å². The highest BCUT2D eigenvalue weighted by molar-refractivity contribution is 7.60. The van der Waals surface area contributed by atoms with Crippen LogP contribution in [0.15, 0.2) is 0 Å². The van der Waals surface area contributed by atoms with Gasteiger partial charge in [0.05, 0.1) is 0 Å². The number of rotatable bonds is 4. The summed E-state index contributed by atoms with van der Waals surface area (Å²) in [4.78, 5) is 45.6. The van der Waals surface area contributed by atoms with Gasteiger partial charge in [0.15, 0.2) is 0 Å². The van der Waals surface area contributed by atoms with Crippen LogP contribution in [0.2, 0.25) is 0 Å². The third-order valence-electron chi connectivity index (χ3n) is 0.346. The average Bonchev–Trinajstić information content (AvgIpc) is 1.72. The molecular formula is H6O12P4+2. The molecule has 0 aliphatic heterocycles. The standard InChI is InChI=1S/HO8P3.H3O4P/c1-9(2)7-11(5,6)8-10(3)4;1-5(2,3)4/h(H-2,1,2,3,4,5,6);(H3,1,2,3,4)/p+2. The van der Waals surface area contributed by atoms with Crippen molar-refractivity contribution in [3.8, 4) is 0 Å². The van der Waals surface area contributed by atoms with Crippen LogP contribution in [0.5, 0.6) is 0 Å². The molecule has 2 atom stereocenters. The lowest BCUT2D eigenvalue weighted by Gasteiger charge is -1.88. The van der Waals surface area contributed by atoms with Crippen molar-refractivity contribution in [2.24, 2.45) is 0 Å². The quantitative estimate of drug-likeness (QED) is 0.361. The fourth-order valence-electron chi connectivity index (χ4n) is 0.191. The van der Waals surface area contributed by atoms with E-state index in [4.69, 9.17) is 33.9 Å². The Kier molecular flexibility index (Phi) is 8.91. The molecule has 16 heteroatoms. The summed E-state index contributed by atoms with van der Waals surface area (Å²) in [5, 5.41) is 0. The minimum Gasteiger partial charge on any atom is -0.303 e. The molecule has 0 saturated carbocycles. The maximum Gasteiger partial charge on any atom is 0.705 e. The van der Waals surface area contributed by atoms with E-state index in [1.165, 1.54) is 0 Å². The van der Waals surface area contributed by atoms with Gasteiger partial charge in [0, 0.05) is 17.8 Å². The second kappa shape index (κ2) is 7.62. The van der Waals surface area contributed by atoms with Crippen molar-refractivity contribution in [3.63, 3.8) is 0 Å². The predicted octanol–water partition coefficient (Wildman–Crippen LogP) is -0.509. The summed E-state index contributed by atoms with van der Waals surface area (Å²) in [7, 11) is -16.2. The molecule has 0 saturated heterocycles. The molecule has 0 rings (SSSR count). The van der Waals surface area contributed by atoms with Crippen molar-refractivity contribution in [2.45, 2.75) is 0 Å². The monoisotopic (exact) mass is 322 g/mol. The third kappa shape index (κ3) is 23.9. The second-order valence-corrected chi connectivity index (χ2v) is 5.84. The maximum absolute atomic E-state index is 10.3. The molecule has 16 heavy (non-hydrogen) atoms. The molecule has 0 aliphatic carbocycles. The summed E-state index contributed by atoms with van der Waals surface area (Å²) in [6, 6.07) is 0. The van der Waals surface area contributed by atoms with Crippen molar-refractivity contribution in [1.82, 2.24) is 0 Å². The van der Waals surface area contributed by atoms with Crippen molar-refractivity contribution >= 4 is 32.2 Å². The largest absolute Gasteiger partial charge is 0.705 e. The molecule has 12 nitrogen and oxygen atoms in total. The molecule has 0 heterocycles. The molecule has 0 aromatic rings. The van der Waals surface area contributed by atoms with Gasteiger partial charge in [-0.2, -0.15) is 0 Å². The van der Waals surface area contributed by atoms with E-state index in [0.717, 1.165) is 0 Å². The molecule has 0 aromatic carbocycles. The molecule has 0 radical (unpaired) electrons. The molecule has 0 amide bonds. The Morgan fingerprint density at radius 3 is 1.12 bits per heavy atom. The zero-order valence-corrected chi connectivity index (χ0v) is 10.5. The highest BCUT2D eigenvalue weighted by atomic mass is 31.3. The van der Waals surface area contributed by atoms with Crippen molar-refractivity contribution in [3.05, 3.63) is 0 Å². The van der Waals surface area contributed by atoms with Crippen LogP contribution in [0.4, 0.5) is 0 Å². The summed E-state index contributed by atoms with van der Waals surface area (Å²) in [5.41, 5.74) is 0. The molecule has 0 fully saturated rings. The minimum absolute atomic E-state index is 3.35. The van der Waals surface area contributed by atoms with E-state index in [1.54, 1.807) is 0 Å². The molecule has 2 unspecified atom stereocenters. The van der Waals surface area contributed by atoms with Gasteiger partial charge < -0.3 is 14.7 Å². The van der Waals surface area contributed by atoms with E-state index >= 15 is 0 Å². The van der Waals surface area contributed by atoms with Gasteiger partial charge in [0.2, 0.25) is 0 Å². The van der Waals surface area contributed by atoms with Crippen LogP contribution in [-0.4, -0.2) is 29.4 Å². The van der Waals surface area contributed by atoms with Crippen molar-refractivity contribution in [1.29, 1.82) is 0 Å². The van der Waals surface area contributed by atoms with E-state index in [-0.39, 0.29) is 0 Å². The summed E-state index contributed by atoms with van der Waals surface area (Å²) in [6.45, 7) is 0. The molecule has 0 aliphatic rings. The normalized spacial score (nSPS) is 16.6. The predicted molar refractivity (Wildman–Crippen MR) is 45.9 cm³/mol. The lowest BCUT2D eigenvalue weighted by atomic mass is 15.7. The molecule has 0 spiro atoms. The summed E-state index contributed by atoms with van der Waals surface area (Å²) < 4.78 is 45.3. The van der Waals surface area contributed by atoms with E-state index in [2.05, 4.69) is 8.62 Å². The fourth-order valence-corrected chi connectivity index (χ4v) is 1.99. The summed E-state index contributed by atoms with van der Waals surface area (Å²) in [5.74, 6) is 0. The molecular weight excluding hydrogens is 316 g/mol. The van der Waals surface area contributed by atoms with Gasteiger partial charge in [-0.05, 0) is 0 Å². The summed E-state index contributed by atoms with van der Waals surface area (Å²) in [6.07, 6.45) is 0. The Morgan fingerprint density at radius 1 is 0.812 bits per heavy atom. The van der Waals surface area contributed by atoms with Gasteiger partial charge in [0.25, 0.3) is 0 Å². The van der Waals surface area contributed by atoms with Crippen LogP contribution in [0.1, 0.15) is 0 Å². The Morgan fingerprint density at radius 2 is 1.00 bits per heavy atom. The van der Waals surface area contributed by atoms with Gasteiger partial charge in [-0.1, -0.05) is 0 Å². The topological polar surface area (TPSA) is 208 Å². The number of hydrogen-bond acceptors (Lipinski definition) is 6. The average molecular weight is 322 g/mol. The number of phosphoric acid groups is 2. The zero-order chi connectivity index (χ0) is 13.6. The second-order valence-electron chi connectivity index (χ2n) is 1.62. The Balaban J connectivity index is 0. The van der Waals surface area contributed by atoms with Crippen LogP contribution in [0.3, 0.4) is 0 Å². The van der Waals surface area contributed by atoms with Crippen LogP contribution < -0.4 is 0 Å². The van der Waals surface area contributed by atoms with Gasteiger partial charge >= 0.3 is 32.2 Å². The minimum atomic E-state index is -4.87. The third-order valence-corrected chi connectivity index (χ3v) is 3.11. The lowest BCUT2D eigenvalue weighted by molar-refractivity contribution is 0.269. The van der Waals surface area contributed by atoms with Crippen LogP contribution in [-0.2, 0) is 26.9 Å². The van der Waals surface area contributed by atoms with Gasteiger partial charge in [-0.15, -0.1) is 9.79 Å². The Hall–Kier alpha value is 0.340. The fraction of sp³-hybridized carbons (Fsp3) is 0. The van der Waals surface area contributed by atoms with E-state index < -0.39 is 32.2 Å². The Labute approximate surface area is 89.2 Å².